The van der Waals surface area contributed by atoms with E-state index < -0.39 is 0 Å². The van der Waals surface area contributed by atoms with Crippen LogP contribution in [0.15, 0.2) is 185 Å². The predicted molar refractivity (Wildman–Crippen MR) is 229 cm³/mol. The molecule has 0 aliphatic rings. The zero-order chi connectivity index (χ0) is 36.7. The van der Waals surface area contributed by atoms with E-state index in [1.807, 2.05) is 60.7 Å². The van der Waals surface area contributed by atoms with Crippen LogP contribution in [0, 0.1) is 0 Å². The van der Waals surface area contributed by atoms with Gasteiger partial charge in [0.1, 0.15) is 22.3 Å². The molecular formula is C51H29N3O2. The number of rotatable bonds is 4. The molecule has 12 rings (SSSR count). The van der Waals surface area contributed by atoms with Gasteiger partial charge in [0.15, 0.2) is 17.5 Å². The van der Waals surface area contributed by atoms with E-state index in [0.717, 1.165) is 71.7 Å². The van der Waals surface area contributed by atoms with Gasteiger partial charge in [-0.2, -0.15) is 0 Å². The van der Waals surface area contributed by atoms with Crippen molar-refractivity contribution in [1.29, 1.82) is 0 Å². The summed E-state index contributed by atoms with van der Waals surface area (Å²) in [6.07, 6.45) is 0. The molecule has 0 saturated carbocycles. The number of nitrogens with zero attached hydrogens (tertiary/aromatic N) is 3. The summed E-state index contributed by atoms with van der Waals surface area (Å²) in [5, 5.41) is 11.5. The lowest BCUT2D eigenvalue weighted by Gasteiger charge is -2.11. The highest BCUT2D eigenvalue weighted by molar-refractivity contribution is 6.18. The van der Waals surface area contributed by atoms with Crippen LogP contribution in [0.2, 0.25) is 0 Å². The summed E-state index contributed by atoms with van der Waals surface area (Å²) < 4.78 is 12.6. The Labute approximate surface area is 320 Å². The smallest absolute Gasteiger partial charge is 0.164 e. The van der Waals surface area contributed by atoms with Crippen molar-refractivity contribution in [2.24, 2.45) is 0 Å². The minimum absolute atomic E-state index is 0.574. The molecule has 0 aliphatic heterocycles. The van der Waals surface area contributed by atoms with E-state index in [2.05, 4.69) is 115 Å². The Morgan fingerprint density at radius 1 is 0.286 bits per heavy atom. The highest BCUT2D eigenvalue weighted by Gasteiger charge is 2.20. The quantitative estimate of drug-likeness (QED) is 0.170. The second kappa shape index (κ2) is 11.9. The number of furan rings is 2. The molecule has 0 aliphatic carbocycles. The highest BCUT2D eigenvalue weighted by atomic mass is 16.3. The van der Waals surface area contributed by atoms with E-state index in [0.29, 0.717) is 17.5 Å². The van der Waals surface area contributed by atoms with Gasteiger partial charge >= 0.3 is 0 Å². The summed E-state index contributed by atoms with van der Waals surface area (Å²) in [5.74, 6) is 1.73. The van der Waals surface area contributed by atoms with Gasteiger partial charge in [0.25, 0.3) is 0 Å². The fourth-order valence-electron chi connectivity index (χ4n) is 8.48. The lowest BCUT2D eigenvalue weighted by atomic mass is 9.94. The second-order valence-electron chi connectivity index (χ2n) is 14.3. The second-order valence-corrected chi connectivity index (χ2v) is 14.3. The molecule has 0 N–H and O–H groups in total. The molecule has 56 heavy (non-hydrogen) atoms. The monoisotopic (exact) mass is 715 g/mol. The maximum Gasteiger partial charge on any atom is 0.164 e. The summed E-state index contributed by atoms with van der Waals surface area (Å²) in [6, 6.07) is 61.2. The van der Waals surface area contributed by atoms with Crippen LogP contribution in [-0.2, 0) is 0 Å². The molecule has 12 aromatic rings. The molecule has 0 spiro atoms. The molecule has 0 bridgehead atoms. The van der Waals surface area contributed by atoms with Crippen molar-refractivity contribution >= 4 is 76.2 Å². The standard InChI is InChI=1S/C51H29N3O2/c1-2-10-35-31(9-1)25-28-37-36(35)27-26-32-21-24-34(29-42(32)37)30-19-22-33(23-20-30)49-52-50(40-13-7-17-45-47(40)38-11-3-5-15-43(38)55-45)54-51(53-49)41-14-8-18-46-48(41)39-12-4-6-16-44(39)56-46/h1-29H. The van der Waals surface area contributed by atoms with Crippen LogP contribution in [0.5, 0.6) is 0 Å². The topological polar surface area (TPSA) is 65.0 Å². The molecule has 260 valence electrons. The number of hydrogen-bond donors (Lipinski definition) is 0. The van der Waals surface area contributed by atoms with Crippen LogP contribution in [0.25, 0.3) is 121 Å². The summed E-state index contributed by atoms with van der Waals surface area (Å²) in [6.45, 7) is 0. The van der Waals surface area contributed by atoms with E-state index in [9.17, 15) is 0 Å². The number of fused-ring (bicyclic) bond motifs is 11. The maximum absolute atomic E-state index is 6.28. The van der Waals surface area contributed by atoms with E-state index >= 15 is 0 Å². The third-order valence-electron chi connectivity index (χ3n) is 11.1. The number of para-hydroxylation sites is 2. The van der Waals surface area contributed by atoms with Crippen molar-refractivity contribution in [3.63, 3.8) is 0 Å². The van der Waals surface area contributed by atoms with E-state index in [-0.39, 0.29) is 0 Å². The van der Waals surface area contributed by atoms with E-state index in [1.165, 1.54) is 32.3 Å². The first-order chi connectivity index (χ1) is 27.7. The average molecular weight is 716 g/mol. The minimum Gasteiger partial charge on any atom is -0.456 e. The molecule has 0 atom stereocenters. The third kappa shape index (κ3) is 4.71. The Bertz CT molecular complexity index is 3410. The van der Waals surface area contributed by atoms with Crippen molar-refractivity contribution in [2.45, 2.75) is 0 Å². The van der Waals surface area contributed by atoms with Gasteiger partial charge in [-0.25, -0.2) is 15.0 Å². The van der Waals surface area contributed by atoms with Gasteiger partial charge in [-0.15, -0.1) is 0 Å². The van der Waals surface area contributed by atoms with Crippen LogP contribution >= 0.6 is 0 Å². The van der Waals surface area contributed by atoms with Crippen LogP contribution in [0.4, 0.5) is 0 Å². The normalized spacial score (nSPS) is 11.9. The molecule has 3 heterocycles. The summed E-state index contributed by atoms with van der Waals surface area (Å²) in [7, 11) is 0. The largest absolute Gasteiger partial charge is 0.456 e. The van der Waals surface area contributed by atoms with Crippen molar-refractivity contribution in [3.8, 4) is 45.3 Å². The fraction of sp³-hybridized carbons (Fsp3) is 0. The fourth-order valence-corrected chi connectivity index (χ4v) is 8.48. The van der Waals surface area contributed by atoms with Gasteiger partial charge < -0.3 is 8.83 Å². The maximum atomic E-state index is 6.28. The van der Waals surface area contributed by atoms with Crippen molar-refractivity contribution in [2.75, 3.05) is 0 Å². The number of benzene rings is 9. The Morgan fingerprint density at radius 2 is 0.750 bits per heavy atom. The summed E-state index contributed by atoms with van der Waals surface area (Å²) in [4.78, 5) is 15.6. The first-order valence-electron chi connectivity index (χ1n) is 18.8. The Balaban J connectivity index is 1.03. The summed E-state index contributed by atoms with van der Waals surface area (Å²) >= 11 is 0. The zero-order valence-electron chi connectivity index (χ0n) is 29.9. The van der Waals surface area contributed by atoms with Gasteiger partial charge in [0.05, 0.1) is 0 Å². The third-order valence-corrected chi connectivity index (χ3v) is 11.1. The molecule has 0 radical (unpaired) electrons. The lowest BCUT2D eigenvalue weighted by molar-refractivity contribution is 0.668. The highest BCUT2D eigenvalue weighted by Crippen LogP contribution is 2.40. The zero-order valence-corrected chi connectivity index (χ0v) is 29.9. The van der Waals surface area contributed by atoms with Crippen LogP contribution < -0.4 is 0 Å². The molecule has 0 amide bonds. The Morgan fingerprint density at radius 3 is 1.39 bits per heavy atom. The van der Waals surface area contributed by atoms with Crippen LogP contribution in [-0.4, -0.2) is 15.0 Å². The molecule has 0 fully saturated rings. The van der Waals surface area contributed by atoms with Gasteiger partial charge in [-0.1, -0.05) is 146 Å². The first-order valence-corrected chi connectivity index (χ1v) is 18.8. The SMILES string of the molecule is c1ccc2c(c1)ccc1c3cc(-c4ccc(-c5nc(-c6cccc7oc8ccccc8c67)nc(-c6cccc7oc8ccccc8c67)n5)cc4)ccc3ccc21. The Kier molecular flexibility index (Phi) is 6.56. The summed E-state index contributed by atoms with van der Waals surface area (Å²) in [5.41, 5.74) is 8.15. The minimum atomic E-state index is 0.574. The van der Waals surface area contributed by atoms with E-state index in [4.69, 9.17) is 23.8 Å². The molecule has 5 nitrogen and oxygen atoms in total. The Hall–Kier alpha value is -7.63. The molecule has 0 unspecified atom stereocenters. The van der Waals surface area contributed by atoms with Crippen LogP contribution in [0.3, 0.4) is 0 Å². The predicted octanol–water partition coefficient (Wildman–Crippen LogP) is 13.8. The number of aromatic nitrogens is 3. The molecule has 5 heteroatoms. The van der Waals surface area contributed by atoms with Crippen LogP contribution in [0.1, 0.15) is 0 Å². The van der Waals surface area contributed by atoms with Gasteiger partial charge in [0.2, 0.25) is 0 Å². The van der Waals surface area contributed by atoms with Crippen molar-refractivity contribution in [3.05, 3.63) is 176 Å². The average Bonchev–Trinajstić information content (AvgIpc) is 3.85. The van der Waals surface area contributed by atoms with Gasteiger partial charge in [-0.05, 0) is 73.8 Å². The van der Waals surface area contributed by atoms with Gasteiger partial charge in [0, 0.05) is 38.2 Å². The molecule has 9 aromatic carbocycles. The molecular weight excluding hydrogens is 687 g/mol. The number of hydrogen-bond acceptors (Lipinski definition) is 5. The first kappa shape index (κ1) is 30.8. The van der Waals surface area contributed by atoms with Crippen molar-refractivity contribution in [1.82, 2.24) is 15.0 Å². The van der Waals surface area contributed by atoms with E-state index in [1.54, 1.807) is 0 Å². The van der Waals surface area contributed by atoms with Gasteiger partial charge in [-0.3, -0.25) is 0 Å². The lowest BCUT2D eigenvalue weighted by Crippen LogP contribution is -2.00. The molecule has 0 saturated heterocycles. The molecule has 3 aromatic heterocycles. The van der Waals surface area contributed by atoms with Crippen molar-refractivity contribution < 1.29 is 8.83 Å².